The molecule has 0 saturated heterocycles. The van der Waals surface area contributed by atoms with Crippen LogP contribution in [-0.2, 0) is 13.1 Å². The molecule has 29 heavy (non-hydrogen) atoms. The average molecular weight is 392 g/mol. The molecule has 1 N–H and O–H groups in total. The molecule has 3 aromatic rings. The first-order valence-electron chi connectivity index (χ1n) is 9.46. The topological polar surface area (TPSA) is 50.2 Å². The lowest BCUT2D eigenvalue weighted by Crippen LogP contribution is -2.34. The van der Waals surface area contributed by atoms with E-state index in [1.54, 1.807) is 24.3 Å². The van der Waals surface area contributed by atoms with Gasteiger partial charge in [0, 0.05) is 23.5 Å². The van der Waals surface area contributed by atoms with Crippen molar-refractivity contribution in [1.29, 1.82) is 0 Å². The van der Waals surface area contributed by atoms with Crippen molar-refractivity contribution >= 4 is 11.7 Å². The Morgan fingerprint density at radius 2 is 2.00 bits per heavy atom. The normalized spacial score (nSPS) is 10.6. The van der Waals surface area contributed by atoms with E-state index < -0.39 is 0 Å². The molecule has 1 aromatic heterocycles. The molecule has 0 bridgehead atoms. The number of carbonyl (C=O) groups excluding carboxylic acids is 1. The van der Waals surface area contributed by atoms with Crippen LogP contribution in [0.3, 0.4) is 0 Å². The number of rotatable bonds is 7. The van der Waals surface area contributed by atoms with Crippen LogP contribution in [0.25, 0.3) is 0 Å². The number of hydrogen-bond acceptors (Lipinski definition) is 2. The monoisotopic (exact) mass is 392 g/mol. The molecule has 0 fully saturated rings. The number of halogens is 1. The summed E-state index contributed by atoms with van der Waals surface area (Å²) in [5.41, 5.74) is 4.22. The Labute approximate surface area is 170 Å². The van der Waals surface area contributed by atoms with Crippen molar-refractivity contribution in [3.63, 3.8) is 0 Å². The van der Waals surface area contributed by atoms with Crippen LogP contribution in [0.5, 0.6) is 0 Å². The molecule has 0 radical (unpaired) electrons. The second kappa shape index (κ2) is 9.19. The third-order valence-corrected chi connectivity index (χ3v) is 4.57. The fourth-order valence-electron chi connectivity index (χ4n) is 3.17. The van der Waals surface area contributed by atoms with Gasteiger partial charge in [0.25, 0.3) is 0 Å². The van der Waals surface area contributed by atoms with Gasteiger partial charge < -0.3 is 10.2 Å². The Bertz CT molecular complexity index is 1010. The van der Waals surface area contributed by atoms with Crippen molar-refractivity contribution in [2.24, 2.45) is 0 Å². The zero-order chi connectivity index (χ0) is 20.8. The van der Waals surface area contributed by atoms with Crippen molar-refractivity contribution in [1.82, 2.24) is 14.7 Å². The van der Waals surface area contributed by atoms with Gasteiger partial charge in [-0.15, -0.1) is 6.58 Å². The van der Waals surface area contributed by atoms with E-state index in [1.807, 2.05) is 48.9 Å². The summed E-state index contributed by atoms with van der Waals surface area (Å²) in [5, 5.41) is 7.38. The number of aromatic nitrogens is 2. The van der Waals surface area contributed by atoms with Crippen LogP contribution in [-0.4, -0.2) is 27.3 Å². The summed E-state index contributed by atoms with van der Waals surface area (Å²) in [6.45, 7) is 8.77. The molecule has 6 heteroatoms. The van der Waals surface area contributed by atoms with Crippen LogP contribution < -0.4 is 5.32 Å². The SMILES string of the molecule is C=CCN(Cc1ccccc1F)C(=O)Nc1cccc(Cn2nc(C)cc2C)c1. The highest BCUT2D eigenvalue weighted by molar-refractivity contribution is 5.89. The minimum atomic E-state index is -0.332. The number of anilines is 1. The van der Waals surface area contributed by atoms with E-state index in [2.05, 4.69) is 17.0 Å². The average Bonchev–Trinajstić information content (AvgIpc) is 3.00. The van der Waals surface area contributed by atoms with Gasteiger partial charge in [-0.3, -0.25) is 4.68 Å². The van der Waals surface area contributed by atoms with Crippen LogP contribution in [0.2, 0.25) is 0 Å². The molecule has 3 rings (SSSR count). The van der Waals surface area contributed by atoms with Crippen molar-refractivity contribution in [2.75, 3.05) is 11.9 Å². The highest BCUT2D eigenvalue weighted by atomic mass is 19.1. The minimum absolute atomic E-state index is 0.163. The molecule has 0 unspecified atom stereocenters. The second-order valence-electron chi connectivity index (χ2n) is 6.98. The number of aryl methyl sites for hydroxylation is 2. The highest BCUT2D eigenvalue weighted by Crippen LogP contribution is 2.16. The Morgan fingerprint density at radius 1 is 1.21 bits per heavy atom. The van der Waals surface area contributed by atoms with E-state index in [0.29, 0.717) is 24.3 Å². The lowest BCUT2D eigenvalue weighted by atomic mass is 10.2. The van der Waals surface area contributed by atoms with E-state index in [9.17, 15) is 9.18 Å². The smallest absolute Gasteiger partial charge is 0.316 e. The van der Waals surface area contributed by atoms with Crippen molar-refractivity contribution in [3.8, 4) is 0 Å². The van der Waals surface area contributed by atoms with Gasteiger partial charge in [0.05, 0.1) is 18.8 Å². The van der Waals surface area contributed by atoms with Gasteiger partial charge in [0.15, 0.2) is 0 Å². The fraction of sp³-hybridized carbons (Fsp3) is 0.217. The lowest BCUT2D eigenvalue weighted by Gasteiger charge is -2.22. The first kappa shape index (κ1) is 20.3. The maximum atomic E-state index is 14.0. The summed E-state index contributed by atoms with van der Waals surface area (Å²) >= 11 is 0. The number of nitrogens with zero attached hydrogens (tertiary/aromatic N) is 3. The second-order valence-corrected chi connectivity index (χ2v) is 6.98. The van der Waals surface area contributed by atoms with E-state index in [0.717, 1.165) is 17.0 Å². The molecule has 150 valence electrons. The van der Waals surface area contributed by atoms with Gasteiger partial charge in [0.1, 0.15) is 5.82 Å². The lowest BCUT2D eigenvalue weighted by molar-refractivity contribution is 0.214. The molecular formula is C23H25FN4O. The summed E-state index contributed by atoms with van der Waals surface area (Å²) in [7, 11) is 0. The largest absolute Gasteiger partial charge is 0.322 e. The molecular weight excluding hydrogens is 367 g/mol. The molecule has 0 spiro atoms. The van der Waals surface area contributed by atoms with Gasteiger partial charge in [-0.05, 0) is 43.7 Å². The molecule has 1 heterocycles. The van der Waals surface area contributed by atoms with Crippen molar-refractivity contribution in [3.05, 3.63) is 95.6 Å². The summed E-state index contributed by atoms with van der Waals surface area (Å²) in [6, 6.07) is 15.8. The Hall–Kier alpha value is -3.41. The molecule has 0 saturated carbocycles. The number of hydrogen-bond donors (Lipinski definition) is 1. The van der Waals surface area contributed by atoms with Crippen molar-refractivity contribution in [2.45, 2.75) is 26.9 Å². The van der Waals surface area contributed by atoms with Gasteiger partial charge in [-0.25, -0.2) is 9.18 Å². The predicted molar refractivity (Wildman–Crippen MR) is 113 cm³/mol. The first-order valence-corrected chi connectivity index (χ1v) is 9.46. The zero-order valence-corrected chi connectivity index (χ0v) is 16.7. The quantitative estimate of drug-likeness (QED) is 0.581. The van der Waals surface area contributed by atoms with E-state index in [4.69, 9.17) is 0 Å². The Balaban J connectivity index is 1.71. The van der Waals surface area contributed by atoms with E-state index in [1.165, 1.54) is 11.0 Å². The summed E-state index contributed by atoms with van der Waals surface area (Å²) in [5.74, 6) is -0.332. The standard InChI is InChI=1S/C23H25FN4O/c1-4-12-27(16-20-9-5-6-11-22(20)24)23(29)25-21-10-7-8-19(14-21)15-28-18(3)13-17(2)26-28/h4-11,13-14H,1,12,15-16H2,2-3H3,(H,25,29). The van der Waals surface area contributed by atoms with E-state index >= 15 is 0 Å². The number of benzene rings is 2. The number of carbonyl (C=O) groups is 1. The Kier molecular flexibility index (Phi) is 6.44. The molecule has 0 aliphatic carbocycles. The number of amides is 2. The summed E-state index contributed by atoms with van der Waals surface area (Å²) in [4.78, 5) is 14.3. The molecule has 0 aliphatic heterocycles. The molecule has 2 aromatic carbocycles. The van der Waals surface area contributed by atoms with Gasteiger partial charge in [-0.1, -0.05) is 36.4 Å². The summed E-state index contributed by atoms with van der Waals surface area (Å²) < 4.78 is 15.9. The predicted octanol–water partition coefficient (Wildman–Crippen LogP) is 4.91. The molecule has 0 aliphatic rings. The highest BCUT2D eigenvalue weighted by Gasteiger charge is 2.15. The van der Waals surface area contributed by atoms with Crippen LogP contribution in [0.15, 0.2) is 67.3 Å². The molecule has 5 nitrogen and oxygen atoms in total. The zero-order valence-electron chi connectivity index (χ0n) is 16.7. The van der Waals surface area contributed by atoms with Crippen LogP contribution in [0, 0.1) is 19.7 Å². The van der Waals surface area contributed by atoms with E-state index in [-0.39, 0.29) is 18.4 Å². The summed E-state index contributed by atoms with van der Waals surface area (Å²) in [6.07, 6.45) is 1.62. The molecule has 0 atom stereocenters. The van der Waals surface area contributed by atoms with Crippen LogP contribution in [0.4, 0.5) is 14.9 Å². The fourth-order valence-corrected chi connectivity index (χ4v) is 3.17. The third kappa shape index (κ3) is 5.31. The van der Waals surface area contributed by atoms with Crippen LogP contribution >= 0.6 is 0 Å². The maximum Gasteiger partial charge on any atom is 0.322 e. The third-order valence-electron chi connectivity index (χ3n) is 4.57. The van der Waals surface area contributed by atoms with Crippen LogP contribution in [0.1, 0.15) is 22.5 Å². The van der Waals surface area contributed by atoms with Gasteiger partial charge in [-0.2, -0.15) is 5.10 Å². The minimum Gasteiger partial charge on any atom is -0.316 e. The Morgan fingerprint density at radius 3 is 2.69 bits per heavy atom. The van der Waals surface area contributed by atoms with Gasteiger partial charge in [0.2, 0.25) is 0 Å². The number of nitrogens with one attached hydrogen (secondary N) is 1. The molecule has 2 amide bonds. The first-order chi connectivity index (χ1) is 14.0. The van der Waals surface area contributed by atoms with Gasteiger partial charge >= 0.3 is 6.03 Å². The van der Waals surface area contributed by atoms with Crippen molar-refractivity contribution < 1.29 is 9.18 Å². The number of urea groups is 1. The maximum absolute atomic E-state index is 14.0.